The highest BCUT2D eigenvalue weighted by Gasteiger charge is 2.29. The second kappa shape index (κ2) is 5.69. The average molecular weight is 285 g/mol. The zero-order valence-corrected chi connectivity index (χ0v) is 11.8. The predicted molar refractivity (Wildman–Crippen MR) is 73.5 cm³/mol. The first-order valence-corrected chi connectivity index (χ1v) is 6.76. The molecule has 0 spiro atoms. The molecule has 7 heteroatoms. The van der Waals surface area contributed by atoms with E-state index in [1.54, 1.807) is 0 Å². The molecule has 0 saturated heterocycles. The van der Waals surface area contributed by atoms with Gasteiger partial charge in [0.05, 0.1) is 4.92 Å². The zero-order valence-electron chi connectivity index (χ0n) is 11.0. The summed E-state index contributed by atoms with van der Waals surface area (Å²) in [6.45, 7) is 2.24. The standard InChI is InChI=1S/C12H17ClN4O2/c1-8-3-5-9(6-4-8)16(2)12-10(17(18)19)11(13)14-7-15-12/h7-9H,3-6H2,1-2H3. The van der Waals surface area contributed by atoms with Gasteiger partial charge in [0.1, 0.15) is 6.33 Å². The Morgan fingerprint density at radius 1 is 1.37 bits per heavy atom. The van der Waals surface area contributed by atoms with Crippen LogP contribution in [0.15, 0.2) is 6.33 Å². The molecule has 0 atom stereocenters. The van der Waals surface area contributed by atoms with Crippen LogP contribution in [-0.2, 0) is 0 Å². The van der Waals surface area contributed by atoms with Crippen LogP contribution in [-0.4, -0.2) is 28.0 Å². The van der Waals surface area contributed by atoms with E-state index in [-0.39, 0.29) is 16.9 Å². The van der Waals surface area contributed by atoms with E-state index < -0.39 is 4.92 Å². The summed E-state index contributed by atoms with van der Waals surface area (Å²) >= 11 is 5.81. The van der Waals surface area contributed by atoms with Gasteiger partial charge in [-0.2, -0.15) is 0 Å². The predicted octanol–water partition coefficient (Wildman–Crippen LogP) is 3.05. The van der Waals surface area contributed by atoms with Crippen molar-refractivity contribution in [1.82, 2.24) is 9.97 Å². The van der Waals surface area contributed by atoms with E-state index >= 15 is 0 Å². The molecular formula is C12H17ClN4O2. The van der Waals surface area contributed by atoms with Gasteiger partial charge in [-0.3, -0.25) is 10.1 Å². The molecule has 0 N–H and O–H groups in total. The van der Waals surface area contributed by atoms with E-state index in [0.29, 0.717) is 5.82 Å². The molecule has 2 rings (SSSR count). The molecule has 0 radical (unpaired) electrons. The summed E-state index contributed by atoms with van der Waals surface area (Å²) in [5.41, 5.74) is -0.203. The lowest BCUT2D eigenvalue weighted by atomic mass is 9.87. The Morgan fingerprint density at radius 2 is 2.00 bits per heavy atom. The quantitative estimate of drug-likeness (QED) is 0.484. The van der Waals surface area contributed by atoms with Crippen LogP contribution in [0.1, 0.15) is 32.6 Å². The molecule has 1 aliphatic carbocycles. The Balaban J connectivity index is 2.26. The summed E-state index contributed by atoms with van der Waals surface area (Å²) in [6.07, 6.45) is 5.60. The highest BCUT2D eigenvalue weighted by Crippen LogP contribution is 2.35. The molecule has 104 valence electrons. The molecule has 6 nitrogen and oxygen atoms in total. The summed E-state index contributed by atoms with van der Waals surface area (Å²) in [4.78, 5) is 20.2. The minimum Gasteiger partial charge on any atom is -0.351 e. The topological polar surface area (TPSA) is 72.2 Å². The highest BCUT2D eigenvalue weighted by molar-refractivity contribution is 6.31. The van der Waals surface area contributed by atoms with Gasteiger partial charge in [-0.1, -0.05) is 18.5 Å². The largest absolute Gasteiger partial charge is 0.351 e. The zero-order chi connectivity index (χ0) is 14.0. The summed E-state index contributed by atoms with van der Waals surface area (Å²) < 4.78 is 0. The number of rotatable bonds is 3. The van der Waals surface area contributed by atoms with E-state index in [1.807, 2.05) is 11.9 Å². The smallest absolute Gasteiger partial charge is 0.348 e. The van der Waals surface area contributed by atoms with Crippen LogP contribution in [0.3, 0.4) is 0 Å². The van der Waals surface area contributed by atoms with Crippen molar-refractivity contribution in [1.29, 1.82) is 0 Å². The number of halogens is 1. The van der Waals surface area contributed by atoms with Crippen molar-refractivity contribution < 1.29 is 4.92 Å². The monoisotopic (exact) mass is 284 g/mol. The van der Waals surface area contributed by atoms with E-state index in [4.69, 9.17) is 11.6 Å². The number of hydrogen-bond donors (Lipinski definition) is 0. The van der Waals surface area contributed by atoms with Gasteiger partial charge in [-0.25, -0.2) is 9.97 Å². The normalized spacial score (nSPS) is 23.1. The molecule has 1 aromatic rings. The summed E-state index contributed by atoms with van der Waals surface area (Å²) in [5, 5.41) is 11.0. The van der Waals surface area contributed by atoms with Crippen LogP contribution in [0.25, 0.3) is 0 Å². The Bertz CT molecular complexity index is 475. The molecule has 0 unspecified atom stereocenters. The minimum atomic E-state index is -0.514. The van der Waals surface area contributed by atoms with Crippen molar-refractivity contribution in [2.24, 2.45) is 5.92 Å². The van der Waals surface area contributed by atoms with Gasteiger partial charge in [0, 0.05) is 13.1 Å². The van der Waals surface area contributed by atoms with Gasteiger partial charge >= 0.3 is 5.69 Å². The molecule has 1 heterocycles. The molecular weight excluding hydrogens is 268 g/mol. The minimum absolute atomic E-state index is 0.106. The summed E-state index contributed by atoms with van der Waals surface area (Å²) in [6, 6.07) is 0.279. The Kier molecular flexibility index (Phi) is 4.19. The van der Waals surface area contributed by atoms with Gasteiger partial charge in [0.25, 0.3) is 0 Å². The van der Waals surface area contributed by atoms with Crippen LogP contribution >= 0.6 is 11.6 Å². The van der Waals surface area contributed by atoms with Crippen molar-refractivity contribution in [3.8, 4) is 0 Å². The first-order chi connectivity index (χ1) is 9.00. The first kappa shape index (κ1) is 14.0. The van der Waals surface area contributed by atoms with Crippen LogP contribution in [0.4, 0.5) is 11.5 Å². The van der Waals surface area contributed by atoms with Crippen molar-refractivity contribution in [3.05, 3.63) is 21.6 Å². The third kappa shape index (κ3) is 2.94. The maximum absolute atomic E-state index is 11.1. The third-order valence-electron chi connectivity index (χ3n) is 3.81. The average Bonchev–Trinajstić information content (AvgIpc) is 2.38. The number of nitro groups is 1. The van der Waals surface area contributed by atoms with E-state index in [2.05, 4.69) is 16.9 Å². The van der Waals surface area contributed by atoms with Crippen LogP contribution < -0.4 is 4.90 Å². The summed E-state index contributed by atoms with van der Waals surface area (Å²) in [5.74, 6) is 1.04. The van der Waals surface area contributed by atoms with Crippen molar-refractivity contribution in [2.75, 3.05) is 11.9 Å². The molecule has 1 saturated carbocycles. The maximum atomic E-state index is 11.1. The number of anilines is 1. The number of nitrogens with zero attached hydrogens (tertiary/aromatic N) is 4. The third-order valence-corrected chi connectivity index (χ3v) is 4.08. The number of hydrogen-bond acceptors (Lipinski definition) is 5. The van der Waals surface area contributed by atoms with Crippen LogP contribution in [0.5, 0.6) is 0 Å². The van der Waals surface area contributed by atoms with Gasteiger partial charge < -0.3 is 4.90 Å². The van der Waals surface area contributed by atoms with Gasteiger partial charge in [-0.15, -0.1) is 0 Å². The molecule has 1 aromatic heterocycles. The molecule has 0 aromatic carbocycles. The Hall–Kier alpha value is -1.43. The fraction of sp³-hybridized carbons (Fsp3) is 0.667. The van der Waals surface area contributed by atoms with Crippen molar-refractivity contribution >= 4 is 23.1 Å². The van der Waals surface area contributed by atoms with Crippen molar-refractivity contribution in [3.63, 3.8) is 0 Å². The Labute approximate surface area is 117 Å². The first-order valence-electron chi connectivity index (χ1n) is 6.38. The van der Waals surface area contributed by atoms with Crippen LogP contribution in [0.2, 0.25) is 5.15 Å². The Morgan fingerprint density at radius 3 is 2.58 bits per heavy atom. The fourth-order valence-corrected chi connectivity index (χ4v) is 2.76. The molecule has 1 fully saturated rings. The fourth-order valence-electron chi connectivity index (χ4n) is 2.57. The molecule has 19 heavy (non-hydrogen) atoms. The lowest BCUT2D eigenvalue weighted by molar-refractivity contribution is -0.384. The molecule has 0 aliphatic heterocycles. The lowest BCUT2D eigenvalue weighted by Gasteiger charge is -2.33. The van der Waals surface area contributed by atoms with Crippen molar-refractivity contribution in [2.45, 2.75) is 38.6 Å². The van der Waals surface area contributed by atoms with E-state index in [1.165, 1.54) is 6.33 Å². The summed E-state index contributed by atoms with van der Waals surface area (Å²) in [7, 11) is 1.84. The second-order valence-electron chi connectivity index (χ2n) is 5.12. The SMILES string of the molecule is CC1CCC(N(C)c2ncnc(Cl)c2[N+](=O)[O-])CC1. The second-order valence-corrected chi connectivity index (χ2v) is 5.48. The molecule has 0 bridgehead atoms. The molecule has 0 amide bonds. The van der Waals surface area contributed by atoms with Gasteiger partial charge in [0.15, 0.2) is 0 Å². The lowest BCUT2D eigenvalue weighted by Crippen LogP contribution is -2.35. The van der Waals surface area contributed by atoms with E-state index in [9.17, 15) is 10.1 Å². The maximum Gasteiger partial charge on any atom is 0.348 e. The number of aromatic nitrogens is 2. The van der Waals surface area contributed by atoms with Gasteiger partial charge in [-0.05, 0) is 31.6 Å². The highest BCUT2D eigenvalue weighted by atomic mass is 35.5. The van der Waals surface area contributed by atoms with E-state index in [0.717, 1.165) is 31.6 Å². The molecule has 1 aliphatic rings. The van der Waals surface area contributed by atoms with Crippen LogP contribution in [0, 0.1) is 16.0 Å². The van der Waals surface area contributed by atoms with Gasteiger partial charge in [0.2, 0.25) is 11.0 Å².